The number of piperidine rings is 1. The summed E-state index contributed by atoms with van der Waals surface area (Å²) in [4.78, 5) is 17.8. The normalized spacial score (nSPS) is 16.8. The number of rotatable bonds is 6. The van der Waals surface area contributed by atoms with Gasteiger partial charge in [0.1, 0.15) is 0 Å². The number of likely N-dealkylation sites (tertiary alicyclic amines) is 1. The number of carbonyl (C=O) groups excluding carboxylic acids is 1. The maximum atomic E-state index is 13.5. The van der Waals surface area contributed by atoms with Crippen LogP contribution in [0.5, 0.6) is 0 Å². The molecule has 0 bridgehead atoms. The molecule has 0 spiro atoms. The molecule has 0 N–H and O–H groups in total. The van der Waals surface area contributed by atoms with Gasteiger partial charge in [-0.25, -0.2) is 8.78 Å². The smallest absolute Gasteiger partial charge is 0.248 e. The van der Waals surface area contributed by atoms with Crippen LogP contribution in [0.3, 0.4) is 0 Å². The molecular weight excluding hydrogens is 286 g/mol. The predicted molar refractivity (Wildman–Crippen MR) is 81.9 cm³/mol. The van der Waals surface area contributed by atoms with Crippen LogP contribution in [0.2, 0.25) is 0 Å². The molecule has 1 aliphatic rings. The molecule has 2 rings (SSSR count). The van der Waals surface area contributed by atoms with Crippen LogP contribution in [0.4, 0.5) is 8.78 Å². The van der Waals surface area contributed by atoms with E-state index in [0.29, 0.717) is 25.4 Å². The summed E-state index contributed by atoms with van der Waals surface area (Å²) in [6.45, 7) is 3.05. The van der Waals surface area contributed by atoms with Crippen LogP contribution in [0.15, 0.2) is 24.5 Å². The summed E-state index contributed by atoms with van der Waals surface area (Å²) in [7, 11) is 0. The number of amides is 1. The van der Waals surface area contributed by atoms with E-state index in [0.717, 1.165) is 12.8 Å². The van der Waals surface area contributed by atoms with E-state index in [1.165, 1.54) is 5.56 Å². The van der Waals surface area contributed by atoms with Gasteiger partial charge in [-0.2, -0.15) is 0 Å². The van der Waals surface area contributed by atoms with Gasteiger partial charge < -0.3 is 4.90 Å². The molecule has 1 aromatic heterocycles. The van der Waals surface area contributed by atoms with Crippen LogP contribution in [0, 0.1) is 0 Å². The van der Waals surface area contributed by atoms with Gasteiger partial charge in [0.25, 0.3) is 0 Å². The SMILES string of the molecule is CCCC(F)(F)CCC(=O)N1CCC(c2ccncc2)CC1. The van der Waals surface area contributed by atoms with Gasteiger partial charge in [-0.15, -0.1) is 0 Å². The summed E-state index contributed by atoms with van der Waals surface area (Å²) in [5.74, 6) is -2.41. The Hall–Kier alpha value is -1.52. The average Bonchev–Trinajstić information content (AvgIpc) is 2.54. The van der Waals surface area contributed by atoms with E-state index in [4.69, 9.17) is 0 Å². The first kappa shape index (κ1) is 16.8. The van der Waals surface area contributed by atoms with Crippen molar-refractivity contribution in [1.29, 1.82) is 0 Å². The zero-order valence-electron chi connectivity index (χ0n) is 13.1. The Bertz CT molecular complexity index is 471. The van der Waals surface area contributed by atoms with Crippen molar-refractivity contribution in [2.45, 2.75) is 57.3 Å². The predicted octanol–water partition coefficient (Wildman–Crippen LogP) is 4.00. The minimum absolute atomic E-state index is 0.0487. The highest BCUT2D eigenvalue weighted by atomic mass is 19.3. The summed E-state index contributed by atoms with van der Waals surface area (Å²) in [6.07, 6.45) is 5.27. The first-order chi connectivity index (χ1) is 10.5. The second-order valence-electron chi connectivity index (χ2n) is 6.04. The van der Waals surface area contributed by atoms with Crippen LogP contribution in [-0.2, 0) is 4.79 Å². The van der Waals surface area contributed by atoms with Crippen molar-refractivity contribution < 1.29 is 13.6 Å². The molecule has 1 fully saturated rings. The Balaban J connectivity index is 1.78. The first-order valence-electron chi connectivity index (χ1n) is 8.07. The third-order valence-electron chi connectivity index (χ3n) is 4.35. The number of pyridine rings is 1. The molecule has 0 aromatic carbocycles. The van der Waals surface area contributed by atoms with E-state index >= 15 is 0 Å². The zero-order valence-corrected chi connectivity index (χ0v) is 13.1. The largest absolute Gasteiger partial charge is 0.343 e. The lowest BCUT2D eigenvalue weighted by molar-refractivity contribution is -0.134. The maximum absolute atomic E-state index is 13.5. The van der Waals surface area contributed by atoms with Crippen molar-refractivity contribution in [3.05, 3.63) is 30.1 Å². The fourth-order valence-electron chi connectivity index (χ4n) is 3.04. The van der Waals surface area contributed by atoms with E-state index in [9.17, 15) is 13.6 Å². The standard InChI is InChI=1S/C17H24F2N2O/c1-2-8-17(18,19)9-3-16(22)21-12-6-15(7-13-21)14-4-10-20-11-5-14/h4-5,10-11,15H,2-3,6-9,12-13H2,1H3. The Morgan fingerprint density at radius 1 is 1.27 bits per heavy atom. The molecule has 22 heavy (non-hydrogen) atoms. The van der Waals surface area contributed by atoms with Gasteiger partial charge in [-0.05, 0) is 36.5 Å². The number of nitrogens with zero attached hydrogens (tertiary/aromatic N) is 2. The van der Waals surface area contributed by atoms with E-state index in [1.54, 1.807) is 24.2 Å². The van der Waals surface area contributed by atoms with Gasteiger partial charge in [-0.3, -0.25) is 9.78 Å². The van der Waals surface area contributed by atoms with E-state index < -0.39 is 5.92 Å². The van der Waals surface area contributed by atoms with E-state index in [1.807, 2.05) is 12.1 Å². The van der Waals surface area contributed by atoms with Crippen LogP contribution in [-0.4, -0.2) is 34.8 Å². The van der Waals surface area contributed by atoms with E-state index in [-0.39, 0.29) is 25.2 Å². The molecule has 0 atom stereocenters. The number of halogens is 2. The minimum atomic E-state index is -2.71. The molecule has 1 aliphatic heterocycles. The highest BCUT2D eigenvalue weighted by molar-refractivity contribution is 5.76. The van der Waals surface area contributed by atoms with Crippen LogP contribution < -0.4 is 0 Å². The van der Waals surface area contributed by atoms with Gasteiger partial charge in [-0.1, -0.05) is 13.3 Å². The van der Waals surface area contributed by atoms with Gasteiger partial charge in [0.05, 0.1) is 0 Å². The Kier molecular flexibility index (Phi) is 5.86. The van der Waals surface area contributed by atoms with Crippen molar-refractivity contribution in [2.75, 3.05) is 13.1 Å². The topological polar surface area (TPSA) is 33.2 Å². The van der Waals surface area contributed by atoms with Gasteiger partial charge >= 0.3 is 0 Å². The monoisotopic (exact) mass is 310 g/mol. The molecule has 5 heteroatoms. The second kappa shape index (κ2) is 7.65. The zero-order chi connectivity index (χ0) is 16.0. The lowest BCUT2D eigenvalue weighted by Gasteiger charge is -2.32. The third kappa shape index (κ3) is 4.75. The summed E-state index contributed by atoms with van der Waals surface area (Å²) in [5, 5.41) is 0. The lowest BCUT2D eigenvalue weighted by atomic mass is 9.90. The molecule has 0 radical (unpaired) electrons. The second-order valence-corrected chi connectivity index (χ2v) is 6.04. The third-order valence-corrected chi connectivity index (χ3v) is 4.35. The number of carbonyl (C=O) groups is 1. The van der Waals surface area contributed by atoms with Gasteiger partial charge in [0, 0.05) is 44.7 Å². The molecule has 3 nitrogen and oxygen atoms in total. The highest BCUT2D eigenvalue weighted by Crippen LogP contribution is 2.29. The molecule has 122 valence electrons. The Morgan fingerprint density at radius 3 is 2.50 bits per heavy atom. The van der Waals surface area contributed by atoms with Crippen LogP contribution in [0.1, 0.15) is 56.9 Å². The quantitative estimate of drug-likeness (QED) is 0.795. The van der Waals surface area contributed by atoms with Crippen molar-refractivity contribution in [1.82, 2.24) is 9.88 Å². The molecule has 2 heterocycles. The first-order valence-corrected chi connectivity index (χ1v) is 8.07. The summed E-state index contributed by atoms with van der Waals surface area (Å²) < 4.78 is 26.9. The van der Waals surface area contributed by atoms with E-state index in [2.05, 4.69) is 4.98 Å². The molecular formula is C17H24F2N2O. The summed E-state index contributed by atoms with van der Waals surface area (Å²) in [6, 6.07) is 4.01. The van der Waals surface area contributed by atoms with Crippen molar-refractivity contribution in [3.8, 4) is 0 Å². The number of alkyl halides is 2. The molecule has 1 aromatic rings. The summed E-state index contributed by atoms with van der Waals surface area (Å²) in [5.41, 5.74) is 1.25. The lowest BCUT2D eigenvalue weighted by Crippen LogP contribution is -2.38. The van der Waals surface area contributed by atoms with Gasteiger partial charge in [0.15, 0.2) is 0 Å². The van der Waals surface area contributed by atoms with Gasteiger partial charge in [0.2, 0.25) is 11.8 Å². The molecule has 1 saturated heterocycles. The Morgan fingerprint density at radius 2 is 1.91 bits per heavy atom. The molecule has 1 amide bonds. The fourth-order valence-corrected chi connectivity index (χ4v) is 3.04. The molecule has 0 saturated carbocycles. The van der Waals surface area contributed by atoms with Crippen molar-refractivity contribution in [2.24, 2.45) is 0 Å². The number of hydrogen-bond acceptors (Lipinski definition) is 2. The molecule has 0 unspecified atom stereocenters. The average molecular weight is 310 g/mol. The van der Waals surface area contributed by atoms with Crippen molar-refractivity contribution in [3.63, 3.8) is 0 Å². The highest BCUT2D eigenvalue weighted by Gasteiger charge is 2.30. The minimum Gasteiger partial charge on any atom is -0.343 e. The van der Waals surface area contributed by atoms with Crippen LogP contribution >= 0.6 is 0 Å². The number of aromatic nitrogens is 1. The van der Waals surface area contributed by atoms with Crippen molar-refractivity contribution >= 4 is 5.91 Å². The van der Waals surface area contributed by atoms with Crippen LogP contribution in [0.25, 0.3) is 0 Å². The number of hydrogen-bond donors (Lipinski definition) is 0. The Labute approximate surface area is 130 Å². The maximum Gasteiger partial charge on any atom is 0.248 e. The fraction of sp³-hybridized carbons (Fsp3) is 0.647. The molecule has 0 aliphatic carbocycles. The summed E-state index contributed by atoms with van der Waals surface area (Å²) >= 11 is 0.